The lowest BCUT2D eigenvalue weighted by atomic mass is 9.92. The van der Waals surface area contributed by atoms with Gasteiger partial charge in [-0.15, -0.1) is 0 Å². The van der Waals surface area contributed by atoms with Crippen LogP contribution in [0.1, 0.15) is 25.8 Å². The van der Waals surface area contributed by atoms with E-state index in [-0.39, 0.29) is 11.6 Å². The molecule has 1 fully saturated rings. The fraction of sp³-hybridized carbons (Fsp3) is 0.562. The average molecular weight is 336 g/mol. The van der Waals surface area contributed by atoms with Crippen LogP contribution in [-0.4, -0.2) is 36.6 Å². The van der Waals surface area contributed by atoms with E-state index in [1.165, 1.54) is 11.3 Å². The van der Waals surface area contributed by atoms with E-state index in [0.717, 1.165) is 17.6 Å². The number of nitrogens with zero attached hydrogens (tertiary/aromatic N) is 3. The Morgan fingerprint density at radius 2 is 2.15 bits per heavy atom. The second kappa shape index (κ2) is 5.75. The Balaban J connectivity index is 2.42. The molecule has 1 aliphatic rings. The van der Waals surface area contributed by atoms with Gasteiger partial charge in [-0.2, -0.15) is 5.26 Å². The molecule has 0 aromatic heterocycles. The SMILES string of the molecule is Cc1cc(N2C(CC#N)CN(C)CC2(C)C)ccc1Br. The van der Waals surface area contributed by atoms with Gasteiger partial charge in [0.25, 0.3) is 0 Å². The molecule has 0 spiro atoms. The van der Waals surface area contributed by atoms with E-state index in [4.69, 9.17) is 5.26 Å². The van der Waals surface area contributed by atoms with Gasteiger partial charge in [0.2, 0.25) is 0 Å². The van der Waals surface area contributed by atoms with Gasteiger partial charge < -0.3 is 9.80 Å². The van der Waals surface area contributed by atoms with Gasteiger partial charge in [-0.1, -0.05) is 15.9 Å². The molecule has 1 aromatic rings. The molecule has 2 rings (SSSR count). The monoisotopic (exact) mass is 335 g/mol. The fourth-order valence-electron chi connectivity index (χ4n) is 3.34. The quantitative estimate of drug-likeness (QED) is 0.827. The summed E-state index contributed by atoms with van der Waals surface area (Å²) in [7, 11) is 2.14. The minimum Gasteiger partial charge on any atom is -0.360 e. The number of benzene rings is 1. The lowest BCUT2D eigenvalue weighted by Gasteiger charge is -2.52. The standard InChI is InChI=1S/C16H22BrN3/c1-12-9-13(5-6-15(12)17)20-14(7-8-18)10-19(4)11-16(20,2)3/h5-6,9,14H,7,10-11H2,1-4H3. The lowest BCUT2D eigenvalue weighted by molar-refractivity contribution is 0.181. The molecular weight excluding hydrogens is 314 g/mol. The van der Waals surface area contributed by atoms with Gasteiger partial charge in [0, 0.05) is 28.8 Å². The Labute approximate surface area is 130 Å². The van der Waals surface area contributed by atoms with Crippen LogP contribution >= 0.6 is 15.9 Å². The number of halogens is 1. The highest BCUT2D eigenvalue weighted by molar-refractivity contribution is 9.10. The Bertz CT molecular complexity index is 533. The number of nitriles is 1. The number of anilines is 1. The van der Waals surface area contributed by atoms with E-state index in [2.05, 4.69) is 77.8 Å². The molecular formula is C16H22BrN3. The maximum atomic E-state index is 9.14. The maximum absolute atomic E-state index is 9.14. The highest BCUT2D eigenvalue weighted by Gasteiger charge is 2.38. The fourth-order valence-corrected chi connectivity index (χ4v) is 3.58. The minimum absolute atomic E-state index is 0.0226. The van der Waals surface area contributed by atoms with Crippen molar-refractivity contribution in [2.45, 2.75) is 38.8 Å². The van der Waals surface area contributed by atoms with Crippen LogP contribution in [0.4, 0.5) is 5.69 Å². The molecule has 0 aliphatic carbocycles. The van der Waals surface area contributed by atoms with Crippen LogP contribution in [0.15, 0.2) is 22.7 Å². The van der Waals surface area contributed by atoms with Crippen molar-refractivity contribution in [1.82, 2.24) is 4.90 Å². The third kappa shape index (κ3) is 2.99. The maximum Gasteiger partial charge on any atom is 0.0643 e. The molecule has 3 nitrogen and oxygen atoms in total. The van der Waals surface area contributed by atoms with E-state index in [0.29, 0.717) is 6.42 Å². The molecule has 0 N–H and O–H groups in total. The molecule has 0 saturated carbocycles. The minimum atomic E-state index is 0.0226. The van der Waals surface area contributed by atoms with Gasteiger partial charge in [-0.25, -0.2) is 0 Å². The highest BCUT2D eigenvalue weighted by Crippen LogP contribution is 2.34. The Morgan fingerprint density at radius 1 is 1.45 bits per heavy atom. The molecule has 0 bridgehead atoms. The summed E-state index contributed by atoms with van der Waals surface area (Å²) in [6, 6.07) is 9.05. The summed E-state index contributed by atoms with van der Waals surface area (Å²) >= 11 is 3.56. The number of likely N-dealkylation sites (N-methyl/N-ethyl adjacent to an activating group) is 1. The number of piperazine rings is 1. The smallest absolute Gasteiger partial charge is 0.0643 e. The zero-order valence-corrected chi connectivity index (χ0v) is 14.2. The van der Waals surface area contributed by atoms with Gasteiger partial charge >= 0.3 is 0 Å². The summed E-state index contributed by atoms with van der Waals surface area (Å²) in [5, 5.41) is 9.14. The zero-order chi connectivity index (χ0) is 14.9. The van der Waals surface area contributed by atoms with E-state index in [1.54, 1.807) is 0 Å². The summed E-state index contributed by atoms with van der Waals surface area (Å²) in [4.78, 5) is 4.75. The first-order valence-corrected chi connectivity index (χ1v) is 7.75. The van der Waals surface area contributed by atoms with E-state index >= 15 is 0 Å². The third-order valence-corrected chi connectivity index (χ3v) is 4.83. The van der Waals surface area contributed by atoms with Crippen LogP contribution < -0.4 is 4.90 Å². The van der Waals surface area contributed by atoms with E-state index in [1.807, 2.05) is 0 Å². The van der Waals surface area contributed by atoms with Crippen molar-refractivity contribution in [2.75, 3.05) is 25.0 Å². The van der Waals surface area contributed by atoms with Crippen molar-refractivity contribution in [2.24, 2.45) is 0 Å². The lowest BCUT2D eigenvalue weighted by Crippen LogP contribution is -2.63. The Morgan fingerprint density at radius 3 is 2.75 bits per heavy atom. The van der Waals surface area contributed by atoms with Crippen LogP contribution in [0, 0.1) is 18.3 Å². The second-order valence-corrected chi connectivity index (χ2v) is 7.18. The van der Waals surface area contributed by atoms with Crippen LogP contribution in [0.25, 0.3) is 0 Å². The normalized spacial score (nSPS) is 22.6. The van der Waals surface area contributed by atoms with Crippen LogP contribution in [0.3, 0.4) is 0 Å². The zero-order valence-electron chi connectivity index (χ0n) is 12.7. The number of hydrogen-bond acceptors (Lipinski definition) is 3. The molecule has 1 aliphatic heterocycles. The largest absolute Gasteiger partial charge is 0.360 e. The topological polar surface area (TPSA) is 30.3 Å². The van der Waals surface area contributed by atoms with Crippen LogP contribution in [-0.2, 0) is 0 Å². The first-order chi connectivity index (χ1) is 9.35. The van der Waals surface area contributed by atoms with Crippen molar-refractivity contribution < 1.29 is 0 Å². The predicted octanol–water partition coefficient (Wildman–Crippen LogP) is 3.57. The molecule has 1 saturated heterocycles. The summed E-state index contributed by atoms with van der Waals surface area (Å²) in [5.74, 6) is 0. The molecule has 0 radical (unpaired) electrons. The molecule has 4 heteroatoms. The second-order valence-electron chi connectivity index (χ2n) is 6.33. The van der Waals surface area contributed by atoms with Crippen molar-refractivity contribution >= 4 is 21.6 Å². The first-order valence-electron chi connectivity index (χ1n) is 6.96. The van der Waals surface area contributed by atoms with Gasteiger partial charge in [-0.05, 0) is 51.6 Å². The first kappa shape index (κ1) is 15.3. The van der Waals surface area contributed by atoms with Gasteiger partial charge in [-0.3, -0.25) is 0 Å². The molecule has 1 aromatic carbocycles. The number of rotatable bonds is 2. The highest BCUT2D eigenvalue weighted by atomic mass is 79.9. The molecule has 1 heterocycles. The van der Waals surface area contributed by atoms with E-state index in [9.17, 15) is 0 Å². The third-order valence-electron chi connectivity index (χ3n) is 3.94. The van der Waals surface area contributed by atoms with Crippen LogP contribution in [0.2, 0.25) is 0 Å². The predicted molar refractivity (Wildman–Crippen MR) is 87.0 cm³/mol. The Hall–Kier alpha value is -1.05. The number of aryl methyl sites for hydroxylation is 1. The van der Waals surface area contributed by atoms with Gasteiger partial charge in [0.1, 0.15) is 0 Å². The van der Waals surface area contributed by atoms with Crippen molar-refractivity contribution in [3.8, 4) is 6.07 Å². The van der Waals surface area contributed by atoms with E-state index < -0.39 is 0 Å². The molecule has 1 atom stereocenters. The average Bonchev–Trinajstić information content (AvgIpc) is 2.32. The Kier molecular flexibility index (Phi) is 4.41. The van der Waals surface area contributed by atoms with Crippen LogP contribution in [0.5, 0.6) is 0 Å². The van der Waals surface area contributed by atoms with Gasteiger partial charge in [0.05, 0.1) is 18.5 Å². The van der Waals surface area contributed by atoms with Gasteiger partial charge in [0.15, 0.2) is 0 Å². The van der Waals surface area contributed by atoms with Crippen molar-refractivity contribution in [3.63, 3.8) is 0 Å². The summed E-state index contributed by atoms with van der Waals surface area (Å²) < 4.78 is 1.13. The summed E-state index contributed by atoms with van der Waals surface area (Å²) in [6.07, 6.45) is 0.558. The summed E-state index contributed by atoms with van der Waals surface area (Å²) in [5.41, 5.74) is 2.46. The molecule has 0 amide bonds. The van der Waals surface area contributed by atoms with Crippen molar-refractivity contribution in [1.29, 1.82) is 5.26 Å². The summed E-state index contributed by atoms with van der Waals surface area (Å²) in [6.45, 7) is 8.56. The molecule has 1 unspecified atom stereocenters. The van der Waals surface area contributed by atoms with Crippen molar-refractivity contribution in [3.05, 3.63) is 28.2 Å². The number of hydrogen-bond donors (Lipinski definition) is 0. The molecule has 20 heavy (non-hydrogen) atoms. The molecule has 108 valence electrons.